The van der Waals surface area contributed by atoms with Crippen molar-refractivity contribution in [2.45, 2.75) is 25.8 Å². The van der Waals surface area contributed by atoms with Crippen LogP contribution in [-0.2, 0) is 9.47 Å². The average Bonchev–Trinajstić information content (AvgIpc) is 3.42. The normalized spacial score (nSPS) is 19.9. The summed E-state index contributed by atoms with van der Waals surface area (Å²) in [6, 6.07) is 4.83. The summed E-state index contributed by atoms with van der Waals surface area (Å²) in [6.45, 7) is 9.13. The number of rotatable bonds is 9. The highest BCUT2D eigenvalue weighted by Crippen LogP contribution is 2.29. The van der Waals surface area contributed by atoms with Crippen molar-refractivity contribution in [1.82, 2.24) is 15.1 Å². The third-order valence-corrected chi connectivity index (χ3v) is 6.33. The lowest BCUT2D eigenvalue weighted by atomic mass is 10.2. The summed E-state index contributed by atoms with van der Waals surface area (Å²) in [4.78, 5) is 11.9. The molecule has 3 rings (SSSR count). The number of guanidine groups is 1. The molecule has 2 aliphatic rings. The number of nitrogens with one attached hydrogen (secondary N) is 1. The standard InChI is InChI=1S/C20H34N4O2S/c1-16-4-7-19(27-16)18(24-9-12-25-13-10-24)14-22-20(21-2)23(3)8-11-26-15-17-5-6-17/h4,7,17-18H,5-6,8-15H2,1-3H3,(H,21,22). The van der Waals surface area contributed by atoms with Gasteiger partial charge in [0.15, 0.2) is 5.96 Å². The number of ether oxygens (including phenoxy) is 2. The first-order valence-corrected chi connectivity index (χ1v) is 10.9. The first-order valence-electron chi connectivity index (χ1n) is 10.0. The van der Waals surface area contributed by atoms with Gasteiger partial charge in [-0.05, 0) is 37.8 Å². The summed E-state index contributed by atoms with van der Waals surface area (Å²) >= 11 is 1.89. The van der Waals surface area contributed by atoms with E-state index in [4.69, 9.17) is 9.47 Å². The Kier molecular flexibility index (Phi) is 7.93. The molecule has 1 saturated heterocycles. The summed E-state index contributed by atoms with van der Waals surface area (Å²) in [7, 11) is 3.93. The number of hydrogen-bond donors (Lipinski definition) is 1. The molecule has 1 aliphatic carbocycles. The quantitative estimate of drug-likeness (QED) is 0.396. The van der Waals surface area contributed by atoms with E-state index in [1.807, 2.05) is 18.4 Å². The molecule has 1 atom stereocenters. The lowest BCUT2D eigenvalue weighted by Gasteiger charge is -2.35. The molecule has 27 heavy (non-hydrogen) atoms. The van der Waals surface area contributed by atoms with Gasteiger partial charge >= 0.3 is 0 Å². The first kappa shape index (κ1) is 20.6. The van der Waals surface area contributed by atoms with E-state index >= 15 is 0 Å². The number of morpholine rings is 1. The molecular formula is C20H34N4O2S. The van der Waals surface area contributed by atoms with Crippen molar-refractivity contribution in [3.05, 3.63) is 21.9 Å². The predicted molar refractivity (Wildman–Crippen MR) is 112 cm³/mol. The zero-order chi connectivity index (χ0) is 19.1. The molecule has 2 heterocycles. The molecule has 1 aromatic rings. The molecule has 0 bridgehead atoms. The van der Waals surface area contributed by atoms with Crippen LogP contribution in [0, 0.1) is 12.8 Å². The van der Waals surface area contributed by atoms with Crippen LogP contribution in [0.3, 0.4) is 0 Å². The molecule has 6 nitrogen and oxygen atoms in total. The van der Waals surface area contributed by atoms with Crippen molar-refractivity contribution < 1.29 is 9.47 Å². The lowest BCUT2D eigenvalue weighted by molar-refractivity contribution is 0.0176. The van der Waals surface area contributed by atoms with Crippen LogP contribution in [0.15, 0.2) is 17.1 Å². The van der Waals surface area contributed by atoms with Crippen molar-refractivity contribution in [2.24, 2.45) is 10.9 Å². The maximum atomic E-state index is 5.77. The second-order valence-electron chi connectivity index (χ2n) is 7.48. The Hall–Kier alpha value is -1.15. The third-order valence-electron chi connectivity index (χ3n) is 5.22. The fraction of sp³-hybridized carbons (Fsp3) is 0.750. The number of aryl methyl sites for hydroxylation is 1. The minimum absolute atomic E-state index is 0.351. The topological polar surface area (TPSA) is 49.3 Å². The molecular weight excluding hydrogens is 360 g/mol. The van der Waals surface area contributed by atoms with E-state index in [0.29, 0.717) is 6.04 Å². The van der Waals surface area contributed by atoms with E-state index in [0.717, 1.165) is 64.5 Å². The van der Waals surface area contributed by atoms with Gasteiger partial charge in [-0.2, -0.15) is 0 Å². The molecule has 0 radical (unpaired) electrons. The van der Waals surface area contributed by atoms with Crippen molar-refractivity contribution >= 4 is 17.3 Å². The molecule has 2 fully saturated rings. The van der Waals surface area contributed by atoms with Gasteiger partial charge in [0.2, 0.25) is 0 Å². The minimum atomic E-state index is 0.351. The van der Waals surface area contributed by atoms with Crippen LogP contribution in [0.1, 0.15) is 28.6 Å². The van der Waals surface area contributed by atoms with E-state index in [-0.39, 0.29) is 0 Å². The molecule has 1 aromatic heterocycles. The lowest BCUT2D eigenvalue weighted by Crippen LogP contribution is -2.47. The fourth-order valence-corrected chi connectivity index (χ4v) is 4.36. The van der Waals surface area contributed by atoms with Crippen molar-refractivity contribution in [2.75, 3.05) is 66.7 Å². The Balaban J connectivity index is 1.52. The number of likely N-dealkylation sites (N-methyl/N-ethyl adjacent to an activating group) is 1. The van der Waals surface area contributed by atoms with Crippen LogP contribution >= 0.6 is 11.3 Å². The van der Waals surface area contributed by atoms with Gasteiger partial charge in [-0.25, -0.2) is 0 Å². The van der Waals surface area contributed by atoms with Gasteiger partial charge in [-0.1, -0.05) is 0 Å². The fourth-order valence-electron chi connectivity index (χ4n) is 3.35. The maximum absolute atomic E-state index is 5.77. The van der Waals surface area contributed by atoms with Crippen LogP contribution in [0.25, 0.3) is 0 Å². The van der Waals surface area contributed by atoms with E-state index in [1.165, 1.54) is 22.6 Å². The number of thiophene rings is 1. The van der Waals surface area contributed by atoms with Crippen LogP contribution in [-0.4, -0.2) is 82.5 Å². The largest absolute Gasteiger partial charge is 0.379 e. The highest BCUT2D eigenvalue weighted by atomic mass is 32.1. The second kappa shape index (κ2) is 10.4. The Bertz CT molecular complexity index is 597. The first-order chi connectivity index (χ1) is 13.2. The monoisotopic (exact) mass is 394 g/mol. The number of hydrogen-bond acceptors (Lipinski definition) is 5. The Labute approximate surface area is 167 Å². The highest BCUT2D eigenvalue weighted by molar-refractivity contribution is 7.12. The minimum Gasteiger partial charge on any atom is -0.379 e. The zero-order valence-electron chi connectivity index (χ0n) is 16.9. The SMILES string of the molecule is CN=C(NCC(c1ccc(C)s1)N1CCOCC1)N(C)CCOCC1CC1. The average molecular weight is 395 g/mol. The van der Waals surface area contributed by atoms with Gasteiger partial charge in [0.1, 0.15) is 0 Å². The van der Waals surface area contributed by atoms with Crippen LogP contribution in [0.4, 0.5) is 0 Å². The summed E-state index contributed by atoms with van der Waals surface area (Å²) in [5.74, 6) is 1.74. The molecule has 152 valence electrons. The van der Waals surface area contributed by atoms with E-state index in [9.17, 15) is 0 Å². The second-order valence-corrected chi connectivity index (χ2v) is 8.80. The molecule has 1 saturated carbocycles. The van der Waals surface area contributed by atoms with Crippen molar-refractivity contribution in [3.63, 3.8) is 0 Å². The summed E-state index contributed by atoms with van der Waals surface area (Å²) in [5, 5.41) is 3.58. The molecule has 1 unspecified atom stereocenters. The Morgan fingerprint density at radius 1 is 1.41 bits per heavy atom. The van der Waals surface area contributed by atoms with Gasteiger partial charge in [-0.15, -0.1) is 11.3 Å². The molecule has 7 heteroatoms. The zero-order valence-corrected chi connectivity index (χ0v) is 17.8. The maximum Gasteiger partial charge on any atom is 0.193 e. The van der Waals surface area contributed by atoms with Crippen LogP contribution in [0.2, 0.25) is 0 Å². The molecule has 0 spiro atoms. The van der Waals surface area contributed by atoms with Gasteiger partial charge < -0.3 is 19.7 Å². The molecule has 1 N–H and O–H groups in total. The highest BCUT2D eigenvalue weighted by Gasteiger charge is 2.24. The molecule has 0 aromatic carbocycles. The van der Waals surface area contributed by atoms with Gasteiger partial charge in [0.05, 0.1) is 25.9 Å². The molecule has 0 amide bonds. The Morgan fingerprint density at radius 3 is 2.81 bits per heavy atom. The number of nitrogens with zero attached hydrogens (tertiary/aromatic N) is 3. The Morgan fingerprint density at radius 2 is 2.19 bits per heavy atom. The summed E-state index contributed by atoms with van der Waals surface area (Å²) in [6.07, 6.45) is 2.67. The predicted octanol–water partition coefficient (Wildman–Crippen LogP) is 2.36. The number of aliphatic imine (C=N–C) groups is 1. The summed E-state index contributed by atoms with van der Waals surface area (Å²) in [5.41, 5.74) is 0. The van der Waals surface area contributed by atoms with Crippen molar-refractivity contribution in [3.8, 4) is 0 Å². The molecule has 1 aliphatic heterocycles. The van der Waals surface area contributed by atoms with Crippen molar-refractivity contribution in [1.29, 1.82) is 0 Å². The van der Waals surface area contributed by atoms with E-state index < -0.39 is 0 Å². The van der Waals surface area contributed by atoms with Gasteiger partial charge in [0, 0.05) is 56.6 Å². The van der Waals surface area contributed by atoms with Crippen LogP contribution in [0.5, 0.6) is 0 Å². The van der Waals surface area contributed by atoms with Crippen LogP contribution < -0.4 is 5.32 Å². The van der Waals surface area contributed by atoms with E-state index in [2.05, 4.69) is 46.2 Å². The van der Waals surface area contributed by atoms with Gasteiger partial charge in [-0.3, -0.25) is 9.89 Å². The third kappa shape index (κ3) is 6.45. The van der Waals surface area contributed by atoms with E-state index in [1.54, 1.807) is 0 Å². The van der Waals surface area contributed by atoms with Gasteiger partial charge in [0.25, 0.3) is 0 Å². The summed E-state index contributed by atoms with van der Waals surface area (Å²) < 4.78 is 11.3. The smallest absolute Gasteiger partial charge is 0.193 e.